The van der Waals surface area contributed by atoms with Gasteiger partial charge in [0, 0.05) is 11.3 Å². The molecule has 0 N–H and O–H groups in total. The first-order valence-corrected chi connectivity index (χ1v) is 6.35. The average molecular weight is 261 g/mol. The van der Waals surface area contributed by atoms with Gasteiger partial charge in [0.15, 0.2) is 0 Å². The molecule has 0 aliphatic carbocycles. The molecule has 94 valence electrons. The van der Waals surface area contributed by atoms with Crippen molar-refractivity contribution in [3.63, 3.8) is 0 Å². The summed E-state index contributed by atoms with van der Waals surface area (Å²) >= 11 is 4.29. The van der Waals surface area contributed by atoms with Gasteiger partial charge < -0.3 is 0 Å². The van der Waals surface area contributed by atoms with E-state index in [-0.39, 0.29) is 24.2 Å². The normalized spacial score (nSPS) is 20.1. The zero-order chi connectivity index (χ0) is 13.1. The Morgan fingerprint density at radius 3 is 2.78 bits per heavy atom. The zero-order valence-electron chi connectivity index (χ0n) is 10.2. The summed E-state index contributed by atoms with van der Waals surface area (Å²) in [6.07, 6.45) is 4.72. The second kappa shape index (κ2) is 5.40. The Morgan fingerprint density at radius 1 is 1.39 bits per heavy atom. The summed E-state index contributed by atoms with van der Waals surface area (Å²) in [7, 11) is 0. The number of amides is 2. The van der Waals surface area contributed by atoms with Crippen LogP contribution in [0.25, 0.3) is 0 Å². The van der Waals surface area contributed by atoms with Crippen molar-refractivity contribution >= 4 is 30.1 Å². The van der Waals surface area contributed by atoms with Gasteiger partial charge in [-0.05, 0) is 25.5 Å². The Morgan fingerprint density at radius 2 is 2.11 bits per heavy atom. The fourth-order valence-corrected chi connectivity index (χ4v) is 2.35. The standard InChI is InChI=1S/C14H15NO2S/c1-2-3-6-10-9-13(16)15(14(10)17)11-7-4-5-8-12(11)18/h2-5,7-8,10,18H,6,9H2,1H3/b3-2-. The van der Waals surface area contributed by atoms with Gasteiger partial charge >= 0.3 is 0 Å². The number of allylic oxidation sites excluding steroid dienone is 2. The van der Waals surface area contributed by atoms with Crippen molar-refractivity contribution in [1.29, 1.82) is 0 Å². The van der Waals surface area contributed by atoms with E-state index in [0.717, 1.165) is 0 Å². The van der Waals surface area contributed by atoms with Crippen LogP contribution in [-0.2, 0) is 9.59 Å². The van der Waals surface area contributed by atoms with Crippen LogP contribution in [0.4, 0.5) is 5.69 Å². The van der Waals surface area contributed by atoms with Crippen molar-refractivity contribution < 1.29 is 9.59 Å². The molecule has 0 bridgehead atoms. The van der Waals surface area contributed by atoms with Crippen LogP contribution in [-0.4, -0.2) is 11.8 Å². The molecule has 1 aromatic rings. The molecule has 3 nitrogen and oxygen atoms in total. The number of nitrogens with zero attached hydrogens (tertiary/aromatic N) is 1. The summed E-state index contributed by atoms with van der Waals surface area (Å²) in [5.41, 5.74) is 0.582. The van der Waals surface area contributed by atoms with Gasteiger partial charge in [0.25, 0.3) is 0 Å². The predicted octanol–water partition coefficient (Wildman–Crippen LogP) is 2.82. The van der Waals surface area contributed by atoms with Crippen LogP contribution >= 0.6 is 12.6 Å². The van der Waals surface area contributed by atoms with Gasteiger partial charge in [-0.2, -0.15) is 0 Å². The maximum Gasteiger partial charge on any atom is 0.237 e. The van der Waals surface area contributed by atoms with Crippen LogP contribution in [0, 0.1) is 5.92 Å². The Balaban J connectivity index is 2.27. The second-order valence-corrected chi connectivity index (χ2v) is 4.74. The number of benzene rings is 1. The smallest absolute Gasteiger partial charge is 0.237 e. The molecule has 0 radical (unpaired) electrons. The Bertz CT molecular complexity index is 510. The van der Waals surface area contributed by atoms with Gasteiger partial charge in [-0.1, -0.05) is 24.3 Å². The summed E-state index contributed by atoms with van der Waals surface area (Å²) in [5.74, 6) is -0.503. The third-order valence-electron chi connectivity index (χ3n) is 3.02. The molecule has 2 rings (SSSR count). The molecule has 1 heterocycles. The molecule has 1 aliphatic heterocycles. The third kappa shape index (κ3) is 2.34. The number of anilines is 1. The van der Waals surface area contributed by atoms with Crippen molar-refractivity contribution in [2.24, 2.45) is 5.92 Å². The van der Waals surface area contributed by atoms with Crippen molar-refractivity contribution in [3.05, 3.63) is 36.4 Å². The van der Waals surface area contributed by atoms with Crippen molar-refractivity contribution in [2.75, 3.05) is 4.90 Å². The SMILES string of the molecule is C/C=C\CC1CC(=O)N(c2ccccc2S)C1=O. The van der Waals surface area contributed by atoms with Crippen LogP contribution in [0.5, 0.6) is 0 Å². The summed E-state index contributed by atoms with van der Waals surface area (Å²) in [5, 5.41) is 0. The summed E-state index contributed by atoms with van der Waals surface area (Å²) in [6.45, 7) is 1.90. The highest BCUT2D eigenvalue weighted by molar-refractivity contribution is 7.80. The van der Waals surface area contributed by atoms with Gasteiger partial charge in [-0.3, -0.25) is 9.59 Å². The molecule has 1 atom stereocenters. The van der Waals surface area contributed by atoms with Gasteiger partial charge in [0.05, 0.1) is 11.6 Å². The molecule has 0 saturated carbocycles. The Hall–Kier alpha value is -1.55. The van der Waals surface area contributed by atoms with E-state index in [1.807, 2.05) is 25.1 Å². The average Bonchev–Trinajstić information content (AvgIpc) is 2.63. The molecule has 0 aromatic heterocycles. The minimum atomic E-state index is -0.235. The number of rotatable bonds is 3. The lowest BCUT2D eigenvalue weighted by molar-refractivity contribution is -0.122. The highest BCUT2D eigenvalue weighted by Gasteiger charge is 2.39. The number of hydrogen-bond acceptors (Lipinski definition) is 3. The van der Waals surface area contributed by atoms with E-state index in [1.54, 1.807) is 18.2 Å². The van der Waals surface area contributed by atoms with E-state index in [1.165, 1.54) is 4.90 Å². The topological polar surface area (TPSA) is 37.4 Å². The highest BCUT2D eigenvalue weighted by Crippen LogP contribution is 2.32. The largest absolute Gasteiger partial charge is 0.274 e. The molecule has 1 unspecified atom stereocenters. The van der Waals surface area contributed by atoms with E-state index in [4.69, 9.17) is 0 Å². The lowest BCUT2D eigenvalue weighted by Gasteiger charge is -2.16. The first kappa shape index (κ1) is 12.9. The van der Waals surface area contributed by atoms with E-state index in [9.17, 15) is 9.59 Å². The minimum absolute atomic E-state index is 0.125. The minimum Gasteiger partial charge on any atom is -0.274 e. The van der Waals surface area contributed by atoms with Gasteiger partial charge in [-0.25, -0.2) is 4.90 Å². The summed E-state index contributed by atoms with van der Waals surface area (Å²) < 4.78 is 0. The van der Waals surface area contributed by atoms with Crippen molar-refractivity contribution in [3.8, 4) is 0 Å². The lowest BCUT2D eigenvalue weighted by atomic mass is 10.0. The molecular formula is C14H15NO2S. The van der Waals surface area contributed by atoms with Gasteiger partial charge in [-0.15, -0.1) is 12.6 Å². The molecule has 18 heavy (non-hydrogen) atoms. The number of thiol groups is 1. The molecule has 1 fully saturated rings. The van der Waals surface area contributed by atoms with E-state index < -0.39 is 0 Å². The number of carbonyl (C=O) groups excluding carboxylic acids is 2. The van der Waals surface area contributed by atoms with Crippen LogP contribution in [0.15, 0.2) is 41.3 Å². The second-order valence-electron chi connectivity index (χ2n) is 4.26. The summed E-state index contributed by atoms with van der Waals surface area (Å²) in [6, 6.07) is 7.15. The molecule has 0 spiro atoms. The van der Waals surface area contributed by atoms with E-state index in [2.05, 4.69) is 12.6 Å². The maximum absolute atomic E-state index is 12.2. The fourth-order valence-electron chi connectivity index (χ4n) is 2.09. The molecule has 4 heteroatoms. The lowest BCUT2D eigenvalue weighted by Crippen LogP contribution is -2.30. The maximum atomic E-state index is 12.2. The van der Waals surface area contributed by atoms with E-state index >= 15 is 0 Å². The number of imide groups is 1. The van der Waals surface area contributed by atoms with Crippen LogP contribution in [0.1, 0.15) is 19.8 Å². The summed E-state index contributed by atoms with van der Waals surface area (Å²) in [4.78, 5) is 26.1. The van der Waals surface area contributed by atoms with Gasteiger partial charge in [0.2, 0.25) is 11.8 Å². The number of hydrogen-bond donors (Lipinski definition) is 1. The first-order valence-electron chi connectivity index (χ1n) is 5.91. The highest BCUT2D eigenvalue weighted by atomic mass is 32.1. The van der Waals surface area contributed by atoms with Crippen LogP contribution in [0.2, 0.25) is 0 Å². The fraction of sp³-hybridized carbons (Fsp3) is 0.286. The number of para-hydroxylation sites is 1. The molecular weight excluding hydrogens is 246 g/mol. The Kier molecular flexibility index (Phi) is 3.87. The van der Waals surface area contributed by atoms with Crippen LogP contribution < -0.4 is 4.90 Å². The quantitative estimate of drug-likeness (QED) is 0.516. The zero-order valence-corrected chi connectivity index (χ0v) is 11.1. The molecule has 1 aromatic carbocycles. The monoisotopic (exact) mass is 261 g/mol. The van der Waals surface area contributed by atoms with Crippen molar-refractivity contribution in [1.82, 2.24) is 0 Å². The predicted molar refractivity (Wildman–Crippen MR) is 73.7 cm³/mol. The molecule has 2 amide bonds. The molecule has 1 aliphatic rings. The van der Waals surface area contributed by atoms with Crippen molar-refractivity contribution in [2.45, 2.75) is 24.7 Å². The van der Waals surface area contributed by atoms with Crippen LogP contribution in [0.3, 0.4) is 0 Å². The number of carbonyl (C=O) groups is 2. The molecule has 1 saturated heterocycles. The third-order valence-corrected chi connectivity index (χ3v) is 3.40. The van der Waals surface area contributed by atoms with E-state index in [0.29, 0.717) is 17.0 Å². The first-order chi connectivity index (χ1) is 8.65. The van der Waals surface area contributed by atoms with Gasteiger partial charge in [0.1, 0.15) is 0 Å². The Labute approximate surface area is 112 Å².